The van der Waals surface area contributed by atoms with Gasteiger partial charge in [0, 0.05) is 25.2 Å². The van der Waals surface area contributed by atoms with Crippen molar-refractivity contribution in [3.05, 3.63) is 53.3 Å². The predicted molar refractivity (Wildman–Crippen MR) is 91.7 cm³/mol. The van der Waals surface area contributed by atoms with Crippen LogP contribution in [0.15, 0.2) is 36.5 Å². The summed E-state index contributed by atoms with van der Waals surface area (Å²) in [5.41, 5.74) is 4.48. The molecule has 0 fully saturated rings. The first-order valence-corrected chi connectivity index (χ1v) is 7.80. The van der Waals surface area contributed by atoms with Gasteiger partial charge in [0.1, 0.15) is 0 Å². The molecule has 0 spiro atoms. The van der Waals surface area contributed by atoms with Crippen LogP contribution >= 0.6 is 0 Å². The molecule has 5 nitrogen and oxygen atoms in total. The smallest absolute Gasteiger partial charge is 0.216 e. The van der Waals surface area contributed by atoms with E-state index in [9.17, 15) is 0 Å². The van der Waals surface area contributed by atoms with Crippen LogP contribution in [0.4, 0.5) is 0 Å². The summed E-state index contributed by atoms with van der Waals surface area (Å²) >= 11 is 0. The van der Waals surface area contributed by atoms with Crippen molar-refractivity contribution in [2.75, 3.05) is 13.7 Å². The molecule has 0 aliphatic heterocycles. The van der Waals surface area contributed by atoms with Crippen molar-refractivity contribution in [3.8, 4) is 5.88 Å². The van der Waals surface area contributed by atoms with E-state index < -0.39 is 0 Å². The number of rotatable bonds is 6. The van der Waals surface area contributed by atoms with E-state index in [-0.39, 0.29) is 0 Å². The maximum atomic E-state index is 5.42. The first-order chi connectivity index (χ1) is 11.2. The van der Waals surface area contributed by atoms with Crippen LogP contribution in [0.1, 0.15) is 16.8 Å². The van der Waals surface area contributed by atoms with E-state index in [1.54, 1.807) is 11.8 Å². The molecule has 1 aromatic carbocycles. The van der Waals surface area contributed by atoms with Gasteiger partial charge in [-0.2, -0.15) is 5.10 Å². The Kier molecular flexibility index (Phi) is 4.57. The van der Waals surface area contributed by atoms with Gasteiger partial charge in [0.2, 0.25) is 5.88 Å². The average Bonchev–Trinajstić information content (AvgIpc) is 2.84. The fourth-order valence-electron chi connectivity index (χ4n) is 2.95. The van der Waals surface area contributed by atoms with Crippen LogP contribution in [-0.2, 0) is 20.0 Å². The average molecular weight is 310 g/mol. The van der Waals surface area contributed by atoms with E-state index in [0.717, 1.165) is 42.2 Å². The minimum absolute atomic E-state index is 0.751. The predicted octanol–water partition coefficient (Wildman–Crippen LogP) is 2.62. The number of pyridine rings is 1. The summed E-state index contributed by atoms with van der Waals surface area (Å²) in [4.78, 5) is 4.50. The first kappa shape index (κ1) is 15.5. The zero-order valence-corrected chi connectivity index (χ0v) is 13.8. The number of fused-ring (bicyclic) bond motifs is 1. The third-order valence-electron chi connectivity index (χ3n) is 4.07. The maximum absolute atomic E-state index is 5.42. The summed E-state index contributed by atoms with van der Waals surface area (Å²) < 4.78 is 7.20. The van der Waals surface area contributed by atoms with E-state index in [1.807, 2.05) is 26.2 Å². The van der Waals surface area contributed by atoms with Gasteiger partial charge in [-0.05, 0) is 31.5 Å². The van der Waals surface area contributed by atoms with Gasteiger partial charge in [-0.1, -0.05) is 24.3 Å². The number of ether oxygens (including phenoxy) is 1. The highest BCUT2D eigenvalue weighted by Crippen LogP contribution is 2.20. The molecule has 0 radical (unpaired) electrons. The lowest BCUT2D eigenvalue weighted by molar-refractivity contribution is 0.368. The van der Waals surface area contributed by atoms with Gasteiger partial charge < -0.3 is 10.1 Å². The Morgan fingerprint density at radius 1 is 1.22 bits per heavy atom. The molecule has 2 aromatic heterocycles. The zero-order valence-electron chi connectivity index (χ0n) is 13.8. The van der Waals surface area contributed by atoms with Gasteiger partial charge in [-0.3, -0.25) is 4.98 Å². The molecule has 0 aliphatic rings. The monoisotopic (exact) mass is 310 g/mol. The van der Waals surface area contributed by atoms with E-state index >= 15 is 0 Å². The molecule has 1 N–H and O–H groups in total. The lowest BCUT2D eigenvalue weighted by Gasteiger charge is -2.08. The van der Waals surface area contributed by atoms with Crippen molar-refractivity contribution in [3.63, 3.8) is 0 Å². The molecular weight excluding hydrogens is 288 g/mol. The molecule has 3 aromatic rings. The van der Waals surface area contributed by atoms with Crippen LogP contribution in [-0.4, -0.2) is 28.4 Å². The number of hydrogen-bond donors (Lipinski definition) is 1. The number of aromatic nitrogens is 3. The van der Waals surface area contributed by atoms with E-state index in [1.165, 1.54) is 10.9 Å². The molecule has 2 heterocycles. The Labute approximate surface area is 136 Å². The minimum atomic E-state index is 0.751. The Hall–Kier alpha value is -2.40. The third-order valence-corrected chi connectivity index (χ3v) is 4.07. The molecule has 3 rings (SSSR count). The highest BCUT2D eigenvalue weighted by atomic mass is 16.5. The number of para-hydroxylation sites is 1. The highest BCUT2D eigenvalue weighted by molar-refractivity contribution is 5.81. The van der Waals surface area contributed by atoms with Gasteiger partial charge >= 0.3 is 0 Å². The summed E-state index contributed by atoms with van der Waals surface area (Å²) in [6.07, 6.45) is 2.79. The molecule has 0 aliphatic carbocycles. The number of aryl methyl sites for hydroxylation is 2. The Bertz CT molecular complexity index is 805. The van der Waals surface area contributed by atoms with Crippen LogP contribution < -0.4 is 10.1 Å². The minimum Gasteiger partial charge on any atom is -0.481 e. The zero-order chi connectivity index (χ0) is 16.2. The number of methoxy groups -OCH3 is 1. The van der Waals surface area contributed by atoms with Crippen LogP contribution in [0.2, 0.25) is 0 Å². The second kappa shape index (κ2) is 6.79. The maximum Gasteiger partial charge on any atom is 0.216 e. The normalized spacial score (nSPS) is 11.1. The van der Waals surface area contributed by atoms with E-state index in [2.05, 4.69) is 39.7 Å². The molecule has 0 atom stereocenters. The van der Waals surface area contributed by atoms with Crippen LogP contribution in [0, 0.1) is 6.92 Å². The quantitative estimate of drug-likeness (QED) is 0.711. The highest BCUT2D eigenvalue weighted by Gasteiger charge is 2.13. The summed E-state index contributed by atoms with van der Waals surface area (Å²) in [6.45, 7) is 3.64. The van der Waals surface area contributed by atoms with Gasteiger partial charge in [0.15, 0.2) is 0 Å². The summed E-state index contributed by atoms with van der Waals surface area (Å²) in [5.74, 6) is 0.821. The molecule has 5 heteroatoms. The van der Waals surface area contributed by atoms with Gasteiger partial charge in [0.05, 0.1) is 23.9 Å². The lowest BCUT2D eigenvalue weighted by atomic mass is 10.1. The molecule has 0 saturated carbocycles. The van der Waals surface area contributed by atoms with Crippen molar-refractivity contribution >= 4 is 10.9 Å². The lowest BCUT2D eigenvalue weighted by Crippen LogP contribution is -2.17. The number of hydrogen-bond acceptors (Lipinski definition) is 4. The van der Waals surface area contributed by atoms with Crippen molar-refractivity contribution in [1.29, 1.82) is 0 Å². The SMILES string of the molecule is COc1c(CNCCc2cccc3cccnc23)c(C)nn1C. The van der Waals surface area contributed by atoms with E-state index in [4.69, 9.17) is 4.74 Å². The van der Waals surface area contributed by atoms with Crippen molar-refractivity contribution in [1.82, 2.24) is 20.1 Å². The van der Waals surface area contributed by atoms with Crippen LogP contribution in [0.25, 0.3) is 10.9 Å². The molecule has 0 amide bonds. The first-order valence-electron chi connectivity index (χ1n) is 7.80. The standard InChI is InChI=1S/C18H22N4O/c1-13-16(18(23-3)22(2)21-13)12-19-11-9-15-7-4-6-14-8-5-10-20-17(14)15/h4-8,10,19H,9,11-12H2,1-3H3. The number of benzene rings is 1. The van der Waals surface area contributed by atoms with Crippen molar-refractivity contribution < 1.29 is 4.74 Å². The van der Waals surface area contributed by atoms with Gasteiger partial charge in [-0.25, -0.2) is 4.68 Å². The largest absolute Gasteiger partial charge is 0.481 e. The van der Waals surface area contributed by atoms with Crippen molar-refractivity contribution in [2.24, 2.45) is 7.05 Å². The topological polar surface area (TPSA) is 52.0 Å². The molecule has 0 bridgehead atoms. The van der Waals surface area contributed by atoms with E-state index in [0.29, 0.717) is 0 Å². The Balaban J connectivity index is 1.64. The van der Waals surface area contributed by atoms with Gasteiger partial charge in [-0.15, -0.1) is 0 Å². The third kappa shape index (κ3) is 3.19. The Morgan fingerprint density at radius 2 is 2.04 bits per heavy atom. The van der Waals surface area contributed by atoms with Crippen molar-refractivity contribution in [2.45, 2.75) is 19.9 Å². The molecular formula is C18H22N4O. The summed E-state index contributed by atoms with van der Waals surface area (Å²) in [7, 11) is 3.58. The second-order valence-corrected chi connectivity index (χ2v) is 5.62. The summed E-state index contributed by atoms with van der Waals surface area (Å²) in [5, 5.41) is 9.07. The van der Waals surface area contributed by atoms with Crippen LogP contribution in [0.3, 0.4) is 0 Å². The second-order valence-electron chi connectivity index (χ2n) is 5.62. The fourth-order valence-corrected chi connectivity index (χ4v) is 2.95. The van der Waals surface area contributed by atoms with Crippen LogP contribution in [0.5, 0.6) is 5.88 Å². The molecule has 0 saturated heterocycles. The Morgan fingerprint density at radius 3 is 2.87 bits per heavy atom. The number of nitrogens with one attached hydrogen (secondary N) is 1. The molecule has 23 heavy (non-hydrogen) atoms. The molecule has 0 unspecified atom stereocenters. The number of nitrogens with zero attached hydrogens (tertiary/aromatic N) is 3. The molecule has 120 valence electrons. The summed E-state index contributed by atoms with van der Waals surface area (Å²) in [6, 6.07) is 10.4. The fraction of sp³-hybridized carbons (Fsp3) is 0.333. The van der Waals surface area contributed by atoms with Gasteiger partial charge in [0.25, 0.3) is 0 Å².